The largest absolute Gasteiger partial charge is 0.508 e. The number of primary amides is 1. The van der Waals surface area contributed by atoms with Gasteiger partial charge in [0.15, 0.2) is 0 Å². The summed E-state index contributed by atoms with van der Waals surface area (Å²) in [5.41, 5.74) is 20.0. The van der Waals surface area contributed by atoms with Gasteiger partial charge in [-0.2, -0.15) is 0 Å². The van der Waals surface area contributed by atoms with Crippen molar-refractivity contribution in [3.63, 3.8) is 0 Å². The Morgan fingerprint density at radius 1 is 0.518 bits per heavy atom. The molecule has 0 aliphatic carbocycles. The van der Waals surface area contributed by atoms with Crippen molar-refractivity contribution in [2.45, 2.75) is 246 Å². The number of carboxylic acid groups (broad SMARTS) is 2. The first-order valence-corrected chi connectivity index (χ1v) is 47.7. The topological polar surface area (TPSA) is 680 Å². The van der Waals surface area contributed by atoms with Gasteiger partial charge in [0.25, 0.3) is 0 Å². The molecule has 754 valence electrons. The number of ketones is 1. The number of phenols is 1. The monoisotopic (exact) mass is 1950 g/mol. The van der Waals surface area contributed by atoms with E-state index < -0.39 is 279 Å². The SMILES string of the molecule is CCCC[C@H]1C(=O)N(C)[C@@H](CCCC)C(=O)N[C@@H](CCC(=O)O)C(=O)N[C@H](C(=O)NCC(N)=O)CSCC(=O)N[C@@H](Cc2ccc(O)cc2)C(=O)N(C)[C@@H](C)C(=O)N[C@@H](CC(=O)O)C(=O)N2CCC[C@H]2C(=O)N[C@@H](Cc2c[nH]cn2)C(=O)N[C@@H](CCC(=O)CN)C(=O)N2C[C@H](O)C[C@H]2C(=O)N[C@@H](Cc2c[nH]c3ccccc23)C(=O)N[C@@H](CCCCN)C(=O)N[C@@H](Cc2c[nH]c3ccccc23)C(=O)N1C. The number of aliphatic hydroxyl groups is 1. The highest BCUT2D eigenvalue weighted by molar-refractivity contribution is 8.00. The molecule has 9 rings (SSSR count). The van der Waals surface area contributed by atoms with Crippen molar-refractivity contribution in [2.75, 3.05) is 65.4 Å². The molecule has 46 heteroatoms. The molecule has 3 aromatic carbocycles. The number of aliphatic hydroxyl groups excluding tert-OH is 1. The van der Waals surface area contributed by atoms with Gasteiger partial charge in [-0.25, -0.2) is 4.98 Å². The first kappa shape index (κ1) is 109. The van der Waals surface area contributed by atoms with E-state index in [-0.39, 0.29) is 88.7 Å². The van der Waals surface area contributed by atoms with Crippen LogP contribution < -0.4 is 70.4 Å². The maximum atomic E-state index is 15.9. The second-order valence-electron chi connectivity index (χ2n) is 35.1. The highest BCUT2D eigenvalue weighted by Gasteiger charge is 2.47. The number of H-pyrrole nitrogens is 3. The molecule has 45 nitrogen and oxygen atoms in total. The lowest BCUT2D eigenvalue weighted by Gasteiger charge is -2.36. The number of carbonyl (C=O) groups is 19. The number of thioether (sulfide) groups is 1. The number of benzene rings is 3. The van der Waals surface area contributed by atoms with E-state index in [0.717, 1.165) is 31.5 Å². The number of aromatic amines is 3. The Kier molecular flexibility index (Phi) is 41.2. The standard InChI is InChI=1S/C93H128N22O23S/c1-7-9-23-72-86(131)104-64(32-33-78(121)122)83(128)110-71(81(126)100-46-76(96)119)48-139-49-77(120)102-68(36-52-26-28-56(116)29-27-52)89(134)111(4)51(3)80(125)108-70(41-79(123)124)92(137)114-35-17-25-73(114)87(132)107-67(39-55-45-97-50-101-55)85(130)105-65(31-30-57(117)42-95)91(136)115-47-58(118)40-75(115)88(133)106-66(37-53-43-98-61-20-13-11-18-59(53)61)84(129)103-63(22-15-16-34-94)82(127)109-69(38-54-44-99-62-21-14-12-19-60(54)62)90(135)113(6)74(24-10-8-2)93(138)112(72)5/h11-14,18-21,26-29,43-45,50-51,58,63-75,98-99,116,118H,7-10,15-17,22-25,30-42,46-49,94-95H2,1-6H3,(H2,96,119)(H,97,101)(H,100,126)(H,102,120)(H,103,129)(H,104,131)(H,105,130)(H,106,133)(H,107,132)(H,108,125)(H,109,127)(H,110,128)(H,121,122)(H,123,124)/t51-,58+,63-,64-,65-,66-,67-,68-,69-,70-,71-,72-,73-,74-,75-/m0/s1. The first-order chi connectivity index (χ1) is 66.3. The van der Waals surface area contributed by atoms with Crippen LogP contribution in [0.25, 0.3) is 21.8 Å². The van der Waals surface area contributed by atoms with Crippen molar-refractivity contribution < 1.29 is 112 Å². The second-order valence-corrected chi connectivity index (χ2v) is 36.1. The average Bonchev–Trinajstić information content (AvgIpc) is 1.75. The lowest BCUT2D eigenvalue weighted by atomic mass is 9.99. The van der Waals surface area contributed by atoms with Gasteiger partial charge in [-0.3, -0.25) is 91.1 Å². The number of carbonyl (C=O) groups excluding carboxylic acids is 17. The molecule has 15 atom stereocenters. The minimum absolute atomic E-state index is 0.0343. The van der Waals surface area contributed by atoms with Gasteiger partial charge in [0.1, 0.15) is 96.1 Å². The lowest BCUT2D eigenvalue weighted by Crippen LogP contribution is -2.61. The van der Waals surface area contributed by atoms with Crippen LogP contribution in [-0.4, -0.2) is 333 Å². The Hall–Kier alpha value is -13.9. The number of imidazole rings is 1. The third kappa shape index (κ3) is 30.8. The Morgan fingerprint density at radius 3 is 1.65 bits per heavy atom. The number of aliphatic carboxylic acids is 2. The summed E-state index contributed by atoms with van der Waals surface area (Å²) in [4.78, 5) is 295. The smallest absolute Gasteiger partial charge is 0.305 e. The Bertz CT molecular complexity index is 5360. The molecule has 139 heavy (non-hydrogen) atoms. The predicted octanol–water partition coefficient (Wildman–Crippen LogP) is -2.33. The number of nitrogens with zero attached hydrogens (tertiary/aromatic N) is 6. The number of nitrogens with two attached hydrogens (primary N) is 3. The average molecular weight is 1950 g/mol. The van der Waals surface area contributed by atoms with Crippen molar-refractivity contribution in [3.05, 3.63) is 120 Å². The molecule has 3 aliphatic rings. The van der Waals surface area contributed by atoms with Crippen LogP contribution in [0.3, 0.4) is 0 Å². The van der Waals surface area contributed by atoms with Crippen molar-refractivity contribution in [2.24, 2.45) is 17.2 Å². The van der Waals surface area contributed by atoms with Crippen LogP contribution in [0, 0.1) is 0 Å². The number of unbranched alkanes of at least 4 members (excludes halogenated alkanes) is 3. The highest BCUT2D eigenvalue weighted by atomic mass is 32.2. The van der Waals surface area contributed by atoms with E-state index in [4.69, 9.17) is 17.2 Å². The minimum atomic E-state index is -1.95. The van der Waals surface area contributed by atoms with Crippen molar-refractivity contribution >= 4 is 146 Å². The molecular weight excluding hydrogens is 1830 g/mol. The van der Waals surface area contributed by atoms with Gasteiger partial charge in [-0.15, -0.1) is 11.8 Å². The third-order valence-electron chi connectivity index (χ3n) is 24.9. The van der Waals surface area contributed by atoms with E-state index in [1.54, 1.807) is 67.8 Å². The van der Waals surface area contributed by atoms with Crippen LogP contribution in [0.5, 0.6) is 5.75 Å². The Morgan fingerprint density at radius 2 is 1.05 bits per heavy atom. The van der Waals surface area contributed by atoms with E-state index in [1.165, 1.54) is 57.8 Å². The number of hydrogen-bond donors (Lipinski definition) is 20. The maximum Gasteiger partial charge on any atom is 0.305 e. The minimum Gasteiger partial charge on any atom is -0.508 e. The molecular formula is C93H128N22O23S. The molecule has 6 aromatic rings. The van der Waals surface area contributed by atoms with Gasteiger partial charge < -0.3 is 130 Å². The van der Waals surface area contributed by atoms with E-state index in [2.05, 4.69) is 73.1 Å². The van der Waals surface area contributed by atoms with E-state index >= 15 is 38.4 Å². The molecule has 3 aliphatic heterocycles. The first-order valence-electron chi connectivity index (χ1n) is 46.5. The number of likely N-dealkylation sites (N-methyl/N-ethyl adjacent to an activating group) is 3. The number of hydrogen-bond acceptors (Lipinski definition) is 25. The van der Waals surface area contributed by atoms with Gasteiger partial charge in [0.2, 0.25) is 94.5 Å². The summed E-state index contributed by atoms with van der Waals surface area (Å²) >= 11 is 0.694. The predicted molar refractivity (Wildman–Crippen MR) is 506 cm³/mol. The molecule has 0 bridgehead atoms. The molecule has 3 fully saturated rings. The molecule has 0 radical (unpaired) electrons. The molecule has 6 heterocycles. The van der Waals surface area contributed by atoms with Gasteiger partial charge in [-0.05, 0) is 112 Å². The number of aromatic nitrogens is 4. The number of rotatable bonds is 30. The normalized spacial score (nSPS) is 24.4. The van der Waals surface area contributed by atoms with E-state index in [1.807, 2.05) is 6.92 Å². The third-order valence-corrected chi connectivity index (χ3v) is 26.0. The lowest BCUT2D eigenvalue weighted by molar-refractivity contribution is -0.149. The number of phenolic OH excluding ortho intramolecular Hbond substituents is 1. The van der Waals surface area contributed by atoms with Crippen LogP contribution in [-0.2, 0) is 117 Å². The maximum absolute atomic E-state index is 15.9. The zero-order valence-corrected chi connectivity index (χ0v) is 79.4. The van der Waals surface area contributed by atoms with Gasteiger partial charge in [0.05, 0.1) is 43.4 Å². The molecule has 3 aromatic heterocycles. The molecule has 0 unspecified atom stereocenters. The number of fused-ring (bicyclic) bond motifs is 4. The molecule has 3 saturated heterocycles. The van der Waals surface area contributed by atoms with Crippen molar-refractivity contribution in [1.29, 1.82) is 0 Å². The number of para-hydroxylation sites is 2. The number of nitrogens with one attached hydrogen (secondary N) is 13. The summed E-state index contributed by atoms with van der Waals surface area (Å²) in [7, 11) is 3.81. The fraction of sp³-hybridized carbons (Fsp3) is 0.527. The summed E-state index contributed by atoms with van der Waals surface area (Å²) in [5.74, 6) is -20.9. The number of aromatic hydroxyl groups is 1. The van der Waals surface area contributed by atoms with Gasteiger partial charge in [0, 0.05) is 125 Å². The summed E-state index contributed by atoms with van der Waals surface area (Å²) in [6.45, 7) is 2.91. The highest BCUT2D eigenvalue weighted by Crippen LogP contribution is 2.28. The van der Waals surface area contributed by atoms with Crippen molar-refractivity contribution in [1.82, 2.24) is 97.6 Å². The van der Waals surface area contributed by atoms with Crippen molar-refractivity contribution in [3.8, 4) is 5.75 Å². The number of amides is 16. The van der Waals surface area contributed by atoms with Crippen LogP contribution >= 0.6 is 11.8 Å². The number of Topliss-reactive ketones (excluding diaryl/α,β-unsaturated/α-hetero) is 1. The summed E-state index contributed by atoms with van der Waals surface area (Å²) < 4.78 is 0. The van der Waals surface area contributed by atoms with Gasteiger partial charge >= 0.3 is 11.9 Å². The summed E-state index contributed by atoms with van der Waals surface area (Å²) in [6.07, 6.45) is 1.03. The number of carboxylic acids is 2. The van der Waals surface area contributed by atoms with Crippen LogP contribution in [0.2, 0.25) is 0 Å². The second kappa shape index (κ2) is 52.6. The quantitative estimate of drug-likeness (QED) is 0.0210. The molecule has 0 spiro atoms. The van der Waals surface area contributed by atoms with Gasteiger partial charge in [-0.1, -0.05) is 88.1 Å². The zero-order chi connectivity index (χ0) is 101. The molecule has 16 amide bonds. The molecule has 0 saturated carbocycles. The van der Waals surface area contributed by atoms with E-state index in [9.17, 15) is 73.2 Å². The Balaban J connectivity index is 1.12. The van der Waals surface area contributed by atoms with Crippen LogP contribution in [0.4, 0.5) is 0 Å². The molecule has 23 N–H and O–H groups in total. The summed E-state index contributed by atoms with van der Waals surface area (Å²) in [6, 6.07) is -3.34. The fourth-order valence-corrected chi connectivity index (χ4v) is 17.9. The van der Waals surface area contributed by atoms with Crippen LogP contribution in [0.1, 0.15) is 152 Å². The van der Waals surface area contributed by atoms with Crippen LogP contribution in [0.15, 0.2) is 97.7 Å². The Labute approximate surface area is 805 Å². The zero-order valence-electron chi connectivity index (χ0n) is 78.6. The van der Waals surface area contributed by atoms with E-state index in [0.29, 0.717) is 75.9 Å². The fourth-order valence-electron chi connectivity index (χ4n) is 17.0. The summed E-state index contributed by atoms with van der Waals surface area (Å²) in [5, 5.41) is 69.5.